The molecular formula is C9H11BrN2. The van der Waals surface area contributed by atoms with Gasteiger partial charge >= 0.3 is 0 Å². The van der Waals surface area contributed by atoms with Crippen molar-refractivity contribution in [1.29, 1.82) is 0 Å². The number of alkyl halides is 1. The fourth-order valence-corrected chi connectivity index (χ4v) is 1.13. The molecule has 0 amide bonds. The lowest BCUT2D eigenvalue weighted by atomic mass is 10.2. The third-order valence-electron chi connectivity index (χ3n) is 1.46. The van der Waals surface area contributed by atoms with E-state index in [1.165, 1.54) is 0 Å². The van der Waals surface area contributed by atoms with Crippen molar-refractivity contribution in [1.82, 2.24) is 9.78 Å². The van der Waals surface area contributed by atoms with Gasteiger partial charge in [0.05, 0.1) is 11.3 Å². The van der Waals surface area contributed by atoms with Crippen molar-refractivity contribution in [3.63, 3.8) is 0 Å². The van der Waals surface area contributed by atoms with Crippen LogP contribution in [-0.4, -0.2) is 15.1 Å². The van der Waals surface area contributed by atoms with Crippen LogP contribution in [0.15, 0.2) is 6.20 Å². The summed E-state index contributed by atoms with van der Waals surface area (Å²) in [6.45, 7) is 1.97. The summed E-state index contributed by atoms with van der Waals surface area (Å²) in [4.78, 5) is 0. The molecule has 0 saturated heterocycles. The molecule has 3 heteroatoms. The summed E-state index contributed by atoms with van der Waals surface area (Å²) in [5.41, 5.74) is 2.03. The second kappa shape index (κ2) is 4.32. The topological polar surface area (TPSA) is 17.8 Å². The van der Waals surface area contributed by atoms with Crippen LogP contribution in [0, 0.1) is 18.8 Å². The number of nitrogens with zero attached hydrogens (tertiary/aromatic N) is 2. The molecule has 0 unspecified atom stereocenters. The van der Waals surface area contributed by atoms with Crippen LogP contribution in [0.4, 0.5) is 0 Å². The molecule has 0 spiro atoms. The van der Waals surface area contributed by atoms with Gasteiger partial charge in [0, 0.05) is 25.0 Å². The van der Waals surface area contributed by atoms with E-state index in [-0.39, 0.29) is 0 Å². The van der Waals surface area contributed by atoms with E-state index in [1.54, 1.807) is 4.68 Å². The Bertz CT molecular complexity index is 317. The van der Waals surface area contributed by atoms with Gasteiger partial charge < -0.3 is 0 Å². The van der Waals surface area contributed by atoms with Gasteiger partial charge in [0.1, 0.15) is 0 Å². The summed E-state index contributed by atoms with van der Waals surface area (Å²) >= 11 is 3.32. The van der Waals surface area contributed by atoms with Gasteiger partial charge in [0.25, 0.3) is 0 Å². The Morgan fingerprint density at radius 2 is 2.42 bits per heavy atom. The molecule has 0 bridgehead atoms. The summed E-state index contributed by atoms with van der Waals surface area (Å²) < 4.78 is 1.79. The van der Waals surface area contributed by atoms with Gasteiger partial charge in [-0.05, 0) is 6.92 Å². The molecular weight excluding hydrogens is 216 g/mol. The highest BCUT2D eigenvalue weighted by Gasteiger charge is 1.97. The normalized spacial score (nSPS) is 9.25. The SMILES string of the molecule is Cc1nn(C)cc1C#CCCBr. The van der Waals surface area contributed by atoms with Gasteiger partial charge in [0.15, 0.2) is 0 Å². The Labute approximate surface area is 81.1 Å². The number of hydrogen-bond acceptors (Lipinski definition) is 1. The Balaban J connectivity index is 2.76. The van der Waals surface area contributed by atoms with E-state index >= 15 is 0 Å². The van der Waals surface area contributed by atoms with E-state index in [0.717, 1.165) is 23.0 Å². The first-order chi connectivity index (χ1) is 5.74. The molecule has 2 nitrogen and oxygen atoms in total. The van der Waals surface area contributed by atoms with Crippen molar-refractivity contribution < 1.29 is 0 Å². The van der Waals surface area contributed by atoms with E-state index in [4.69, 9.17) is 0 Å². The minimum Gasteiger partial charge on any atom is -0.274 e. The van der Waals surface area contributed by atoms with Crippen molar-refractivity contribution in [2.24, 2.45) is 7.05 Å². The van der Waals surface area contributed by atoms with Gasteiger partial charge in [-0.3, -0.25) is 4.68 Å². The van der Waals surface area contributed by atoms with Crippen molar-refractivity contribution in [2.45, 2.75) is 13.3 Å². The molecule has 0 aliphatic heterocycles. The van der Waals surface area contributed by atoms with Crippen LogP contribution < -0.4 is 0 Å². The van der Waals surface area contributed by atoms with Crippen LogP contribution in [-0.2, 0) is 7.05 Å². The maximum absolute atomic E-state index is 4.19. The lowest BCUT2D eigenvalue weighted by Gasteiger charge is -1.81. The molecule has 0 aliphatic carbocycles. The molecule has 0 aliphatic rings. The van der Waals surface area contributed by atoms with E-state index in [0.29, 0.717) is 0 Å². The van der Waals surface area contributed by atoms with E-state index in [9.17, 15) is 0 Å². The molecule has 0 aromatic carbocycles. The third kappa shape index (κ3) is 2.38. The standard InChI is InChI=1S/C9H11BrN2/c1-8-9(5-3-4-6-10)7-12(2)11-8/h7H,4,6H2,1-2H3. The van der Waals surface area contributed by atoms with E-state index < -0.39 is 0 Å². The Morgan fingerprint density at radius 1 is 1.67 bits per heavy atom. The van der Waals surface area contributed by atoms with Crippen LogP contribution in [0.25, 0.3) is 0 Å². The largest absolute Gasteiger partial charge is 0.274 e. The first-order valence-electron chi connectivity index (χ1n) is 3.79. The highest BCUT2D eigenvalue weighted by atomic mass is 79.9. The van der Waals surface area contributed by atoms with Crippen molar-refractivity contribution in [3.05, 3.63) is 17.5 Å². The second-order valence-corrected chi connectivity index (χ2v) is 3.34. The van der Waals surface area contributed by atoms with Crippen LogP contribution >= 0.6 is 15.9 Å². The molecule has 0 radical (unpaired) electrons. The smallest absolute Gasteiger partial charge is 0.0750 e. The lowest BCUT2D eigenvalue weighted by Crippen LogP contribution is -1.86. The molecule has 0 fully saturated rings. The van der Waals surface area contributed by atoms with Crippen molar-refractivity contribution in [2.75, 3.05) is 5.33 Å². The average Bonchev–Trinajstić information content (AvgIpc) is 2.31. The average molecular weight is 227 g/mol. The van der Waals surface area contributed by atoms with Gasteiger partial charge in [-0.15, -0.1) is 0 Å². The molecule has 64 valence electrons. The summed E-state index contributed by atoms with van der Waals surface area (Å²) in [6, 6.07) is 0. The summed E-state index contributed by atoms with van der Waals surface area (Å²) in [6.07, 6.45) is 2.82. The van der Waals surface area contributed by atoms with E-state index in [2.05, 4.69) is 32.9 Å². The Hall–Kier alpha value is -0.750. The summed E-state index contributed by atoms with van der Waals surface area (Å²) in [5, 5.41) is 5.12. The van der Waals surface area contributed by atoms with Gasteiger partial charge in [-0.1, -0.05) is 27.8 Å². The molecule has 0 atom stereocenters. The number of halogens is 1. The number of aryl methyl sites for hydroxylation is 2. The second-order valence-electron chi connectivity index (χ2n) is 2.54. The van der Waals surface area contributed by atoms with Gasteiger partial charge in [-0.2, -0.15) is 5.10 Å². The Kier molecular flexibility index (Phi) is 3.36. The molecule has 1 aromatic rings. The zero-order valence-electron chi connectivity index (χ0n) is 7.26. The lowest BCUT2D eigenvalue weighted by molar-refractivity contribution is 0.756. The summed E-state index contributed by atoms with van der Waals surface area (Å²) in [5.74, 6) is 6.13. The maximum atomic E-state index is 4.19. The fourth-order valence-electron chi connectivity index (χ4n) is 0.927. The molecule has 1 rings (SSSR count). The summed E-state index contributed by atoms with van der Waals surface area (Å²) in [7, 11) is 1.91. The highest BCUT2D eigenvalue weighted by Crippen LogP contribution is 2.01. The molecule has 1 aromatic heterocycles. The zero-order chi connectivity index (χ0) is 8.97. The third-order valence-corrected chi connectivity index (χ3v) is 1.85. The van der Waals surface area contributed by atoms with Crippen molar-refractivity contribution in [3.8, 4) is 11.8 Å². The molecule has 12 heavy (non-hydrogen) atoms. The predicted molar refractivity (Wildman–Crippen MR) is 53.2 cm³/mol. The number of rotatable bonds is 1. The molecule has 1 heterocycles. The first kappa shape index (κ1) is 9.34. The minimum atomic E-state index is 0.883. The molecule has 0 N–H and O–H groups in total. The van der Waals surface area contributed by atoms with Crippen LogP contribution in [0.2, 0.25) is 0 Å². The monoisotopic (exact) mass is 226 g/mol. The highest BCUT2D eigenvalue weighted by molar-refractivity contribution is 9.09. The van der Waals surface area contributed by atoms with Gasteiger partial charge in [0.2, 0.25) is 0 Å². The Morgan fingerprint density at radius 3 is 2.92 bits per heavy atom. The minimum absolute atomic E-state index is 0.883. The molecule has 0 saturated carbocycles. The predicted octanol–water partition coefficient (Wildman–Crippen LogP) is 1.87. The maximum Gasteiger partial charge on any atom is 0.0750 e. The van der Waals surface area contributed by atoms with Gasteiger partial charge in [-0.25, -0.2) is 0 Å². The van der Waals surface area contributed by atoms with E-state index in [1.807, 2.05) is 20.2 Å². The number of hydrogen-bond donors (Lipinski definition) is 0. The van der Waals surface area contributed by atoms with Crippen LogP contribution in [0.3, 0.4) is 0 Å². The zero-order valence-corrected chi connectivity index (χ0v) is 8.85. The van der Waals surface area contributed by atoms with Crippen molar-refractivity contribution >= 4 is 15.9 Å². The number of aromatic nitrogens is 2. The van der Waals surface area contributed by atoms with Crippen LogP contribution in [0.1, 0.15) is 17.7 Å². The quantitative estimate of drug-likeness (QED) is 0.529. The fraction of sp³-hybridized carbons (Fsp3) is 0.444. The first-order valence-corrected chi connectivity index (χ1v) is 4.91. The van der Waals surface area contributed by atoms with Crippen LogP contribution in [0.5, 0.6) is 0 Å².